The minimum atomic E-state index is -2.97. The van der Waals surface area contributed by atoms with Crippen molar-refractivity contribution < 1.29 is 8.42 Å². The quantitative estimate of drug-likeness (QED) is 0.609. The Kier molecular flexibility index (Phi) is 4.58. The number of nitrogen functional groups attached to an aromatic ring is 1. The van der Waals surface area contributed by atoms with E-state index in [4.69, 9.17) is 5.73 Å². The first-order valence-electron chi connectivity index (χ1n) is 4.89. The highest BCUT2D eigenvalue weighted by Gasteiger charge is 2.09. The van der Waals surface area contributed by atoms with E-state index in [0.717, 1.165) is 0 Å². The average molecular weight is 276 g/mol. The van der Waals surface area contributed by atoms with E-state index in [-0.39, 0.29) is 5.75 Å². The second-order valence-electron chi connectivity index (χ2n) is 3.69. The van der Waals surface area contributed by atoms with Crippen LogP contribution in [0.3, 0.4) is 0 Å². The van der Waals surface area contributed by atoms with Gasteiger partial charge in [-0.3, -0.25) is 0 Å². The number of sulfone groups is 1. The fourth-order valence-corrected chi connectivity index (χ4v) is 2.12. The van der Waals surface area contributed by atoms with Gasteiger partial charge < -0.3 is 10.6 Å². The summed E-state index contributed by atoms with van der Waals surface area (Å²) in [7, 11) is -1.20. The highest BCUT2D eigenvalue weighted by molar-refractivity contribution is 7.98. The molecule has 1 heterocycles. The van der Waals surface area contributed by atoms with Crippen LogP contribution in [0.25, 0.3) is 0 Å². The molecule has 2 N–H and O–H groups in total. The standard InChI is InChI=1S/C9H16N4O2S2/c1-13(4-5-17(3,14)15)8-6-7(10)11-9(12-8)16-2/h6H,4-5H2,1-3H3,(H2,10,11,12). The Labute approximate surface area is 106 Å². The topological polar surface area (TPSA) is 89.2 Å². The molecule has 0 fully saturated rings. The molecule has 0 saturated carbocycles. The van der Waals surface area contributed by atoms with Gasteiger partial charge in [0, 0.05) is 25.9 Å². The van der Waals surface area contributed by atoms with Crippen molar-refractivity contribution in [1.29, 1.82) is 0 Å². The van der Waals surface area contributed by atoms with Gasteiger partial charge in [0.15, 0.2) is 5.16 Å². The molecule has 0 spiro atoms. The molecule has 0 atom stereocenters. The van der Waals surface area contributed by atoms with Crippen LogP contribution in [0.2, 0.25) is 0 Å². The molecule has 1 rings (SSSR count). The Hall–Kier alpha value is -1.02. The van der Waals surface area contributed by atoms with Gasteiger partial charge in [-0.2, -0.15) is 0 Å². The number of aromatic nitrogens is 2. The SMILES string of the molecule is CSc1nc(N)cc(N(C)CCS(C)(=O)=O)n1. The lowest BCUT2D eigenvalue weighted by atomic mass is 10.5. The van der Waals surface area contributed by atoms with Gasteiger partial charge in [-0.15, -0.1) is 0 Å². The van der Waals surface area contributed by atoms with Crippen molar-refractivity contribution in [2.45, 2.75) is 5.16 Å². The lowest BCUT2D eigenvalue weighted by Gasteiger charge is -2.18. The van der Waals surface area contributed by atoms with Crippen LogP contribution < -0.4 is 10.6 Å². The summed E-state index contributed by atoms with van der Waals surface area (Å²) in [6, 6.07) is 1.63. The van der Waals surface area contributed by atoms with Crippen LogP contribution >= 0.6 is 11.8 Å². The number of rotatable bonds is 5. The van der Waals surface area contributed by atoms with E-state index in [1.807, 2.05) is 6.26 Å². The third-order valence-corrected chi connectivity index (χ3v) is 3.55. The van der Waals surface area contributed by atoms with Crippen LogP contribution in [0.1, 0.15) is 0 Å². The summed E-state index contributed by atoms with van der Waals surface area (Å²) in [5, 5.41) is 0.575. The maximum absolute atomic E-state index is 11.1. The fourth-order valence-electron chi connectivity index (χ4n) is 1.13. The maximum atomic E-state index is 11.1. The third-order valence-electron chi connectivity index (χ3n) is 2.08. The molecule has 0 radical (unpaired) electrons. The van der Waals surface area contributed by atoms with Crippen molar-refractivity contribution in [3.05, 3.63) is 6.07 Å². The van der Waals surface area contributed by atoms with E-state index >= 15 is 0 Å². The molecule has 0 saturated heterocycles. The lowest BCUT2D eigenvalue weighted by Crippen LogP contribution is -2.26. The van der Waals surface area contributed by atoms with Gasteiger partial charge in [-0.25, -0.2) is 18.4 Å². The van der Waals surface area contributed by atoms with Crippen molar-refractivity contribution in [2.24, 2.45) is 0 Å². The first kappa shape index (κ1) is 14.0. The molecule has 0 aliphatic rings. The summed E-state index contributed by atoms with van der Waals surface area (Å²) in [5.74, 6) is 1.10. The van der Waals surface area contributed by atoms with E-state index in [1.165, 1.54) is 18.0 Å². The molecule has 0 bridgehead atoms. The third kappa shape index (κ3) is 4.78. The molecule has 0 aromatic carbocycles. The maximum Gasteiger partial charge on any atom is 0.191 e. The molecular weight excluding hydrogens is 260 g/mol. The summed E-state index contributed by atoms with van der Waals surface area (Å²) in [4.78, 5) is 10.0. The summed E-state index contributed by atoms with van der Waals surface area (Å²) in [5.41, 5.74) is 5.65. The predicted molar refractivity (Wildman–Crippen MR) is 71.2 cm³/mol. The summed E-state index contributed by atoms with van der Waals surface area (Å²) >= 11 is 1.39. The molecule has 6 nitrogen and oxygen atoms in total. The number of nitrogens with two attached hydrogens (primary N) is 1. The van der Waals surface area contributed by atoms with Crippen LogP contribution in [0, 0.1) is 0 Å². The van der Waals surface area contributed by atoms with Gasteiger partial charge in [0.05, 0.1) is 5.75 Å². The molecule has 1 aromatic rings. The van der Waals surface area contributed by atoms with E-state index in [9.17, 15) is 8.42 Å². The minimum Gasteiger partial charge on any atom is -0.383 e. The van der Waals surface area contributed by atoms with Crippen molar-refractivity contribution in [1.82, 2.24) is 9.97 Å². The average Bonchev–Trinajstić information content (AvgIpc) is 2.23. The van der Waals surface area contributed by atoms with Crippen LogP contribution in [-0.2, 0) is 9.84 Å². The second-order valence-corrected chi connectivity index (χ2v) is 6.72. The zero-order chi connectivity index (χ0) is 13.1. The Bertz CT molecular complexity index is 490. The number of hydrogen-bond donors (Lipinski definition) is 1. The van der Waals surface area contributed by atoms with Gasteiger partial charge in [0.2, 0.25) is 0 Å². The molecule has 0 amide bonds. The Balaban J connectivity index is 2.81. The van der Waals surface area contributed by atoms with Gasteiger partial charge in [-0.05, 0) is 6.26 Å². The van der Waals surface area contributed by atoms with Gasteiger partial charge in [0.25, 0.3) is 0 Å². The van der Waals surface area contributed by atoms with E-state index in [2.05, 4.69) is 9.97 Å². The predicted octanol–water partition coefficient (Wildman–Crippen LogP) is 0.261. The summed E-state index contributed by atoms with van der Waals surface area (Å²) in [6.45, 7) is 0.378. The van der Waals surface area contributed by atoms with Crippen molar-refractivity contribution in [2.75, 3.05) is 42.5 Å². The summed E-state index contributed by atoms with van der Waals surface area (Å²) < 4.78 is 22.1. The van der Waals surface area contributed by atoms with E-state index < -0.39 is 9.84 Å². The number of anilines is 2. The van der Waals surface area contributed by atoms with E-state index in [1.54, 1.807) is 18.0 Å². The number of hydrogen-bond acceptors (Lipinski definition) is 7. The van der Waals surface area contributed by atoms with Crippen LogP contribution in [-0.4, -0.2) is 50.2 Å². The molecule has 0 aliphatic carbocycles. The fraction of sp³-hybridized carbons (Fsp3) is 0.556. The largest absolute Gasteiger partial charge is 0.383 e. The molecule has 1 aromatic heterocycles. The first-order chi connectivity index (χ1) is 7.81. The van der Waals surface area contributed by atoms with Crippen molar-refractivity contribution in [3.63, 3.8) is 0 Å². The first-order valence-corrected chi connectivity index (χ1v) is 8.18. The highest BCUT2D eigenvalue weighted by Crippen LogP contribution is 2.17. The normalized spacial score (nSPS) is 11.5. The minimum absolute atomic E-state index is 0.0853. The van der Waals surface area contributed by atoms with Crippen LogP contribution in [0.15, 0.2) is 11.2 Å². The zero-order valence-corrected chi connectivity index (χ0v) is 11.7. The highest BCUT2D eigenvalue weighted by atomic mass is 32.2. The monoisotopic (exact) mass is 276 g/mol. The van der Waals surface area contributed by atoms with Crippen LogP contribution in [0.5, 0.6) is 0 Å². The van der Waals surface area contributed by atoms with Gasteiger partial charge in [-0.1, -0.05) is 11.8 Å². The molecule has 96 valence electrons. The second kappa shape index (κ2) is 5.54. The number of thioether (sulfide) groups is 1. The van der Waals surface area contributed by atoms with E-state index in [0.29, 0.717) is 23.3 Å². The van der Waals surface area contributed by atoms with Crippen LogP contribution in [0.4, 0.5) is 11.6 Å². The van der Waals surface area contributed by atoms with Crippen molar-refractivity contribution >= 4 is 33.2 Å². The Morgan fingerprint density at radius 3 is 2.65 bits per heavy atom. The van der Waals surface area contributed by atoms with Crippen molar-refractivity contribution in [3.8, 4) is 0 Å². The molecule has 0 aliphatic heterocycles. The van der Waals surface area contributed by atoms with Gasteiger partial charge in [0.1, 0.15) is 21.5 Å². The Morgan fingerprint density at radius 1 is 1.47 bits per heavy atom. The summed E-state index contributed by atoms with van der Waals surface area (Å²) in [6.07, 6.45) is 3.07. The zero-order valence-electron chi connectivity index (χ0n) is 10.0. The lowest BCUT2D eigenvalue weighted by molar-refractivity contribution is 0.601. The molecule has 0 unspecified atom stereocenters. The molecule has 8 heteroatoms. The Morgan fingerprint density at radius 2 is 2.12 bits per heavy atom. The number of nitrogens with zero attached hydrogens (tertiary/aromatic N) is 3. The molecular formula is C9H16N4O2S2. The smallest absolute Gasteiger partial charge is 0.191 e. The van der Waals surface area contributed by atoms with Gasteiger partial charge >= 0.3 is 0 Å². The molecule has 17 heavy (non-hydrogen) atoms.